The van der Waals surface area contributed by atoms with Crippen LogP contribution in [0.15, 0.2) is 182 Å². The number of pyridine rings is 1. The molecular weight excluding hydrogens is 901 g/mol. The largest absolute Gasteiger partial charge is 0.457 e. The lowest BCUT2D eigenvalue weighted by Gasteiger charge is -2.28. The average Bonchev–Trinajstić information content (AvgIpc) is 4.02. The highest BCUT2D eigenvalue weighted by atomic mass is 16.5. The van der Waals surface area contributed by atoms with E-state index in [1.54, 1.807) is 0 Å². The van der Waals surface area contributed by atoms with Crippen molar-refractivity contribution in [3.05, 3.63) is 227 Å². The fraction of sp³-hybridized carbons (Fsp3) is 0.290. The van der Waals surface area contributed by atoms with Crippen LogP contribution < -0.4 is 14.5 Å². The SMILES string of the molecule is CC(C)c1cc(C(C)C)c(-c2ccnc(-n3c4ccc(C(C)(C)c5ccccc5)cc4c4ccc(Oc5cc(N6C=CN(c7cccc(C(C)(C)c8ccccc8)c7)C6)cc(C(C)(C)C)c5)cc43)c2)c(C(C)C)c1. The van der Waals surface area contributed by atoms with Crippen molar-refractivity contribution < 1.29 is 4.74 Å². The number of hydrogen-bond acceptors (Lipinski definition) is 4. The van der Waals surface area contributed by atoms with E-state index in [1.165, 1.54) is 61.0 Å². The first kappa shape index (κ1) is 50.2. The Kier molecular flexibility index (Phi) is 13.2. The van der Waals surface area contributed by atoms with Crippen molar-refractivity contribution in [1.29, 1.82) is 0 Å². The maximum Gasteiger partial charge on any atom is 0.138 e. The molecule has 5 nitrogen and oxygen atoms in total. The molecule has 0 spiro atoms. The van der Waals surface area contributed by atoms with E-state index in [9.17, 15) is 0 Å². The van der Waals surface area contributed by atoms with E-state index in [4.69, 9.17) is 9.72 Å². The lowest BCUT2D eigenvalue weighted by Crippen LogP contribution is -2.26. The molecule has 376 valence electrons. The van der Waals surface area contributed by atoms with Gasteiger partial charge >= 0.3 is 0 Å². The highest BCUT2D eigenvalue weighted by molar-refractivity contribution is 6.10. The van der Waals surface area contributed by atoms with Gasteiger partial charge in [0, 0.05) is 63.7 Å². The molecular formula is C69H74N4O. The Labute approximate surface area is 441 Å². The van der Waals surface area contributed by atoms with Gasteiger partial charge in [0.2, 0.25) is 0 Å². The summed E-state index contributed by atoms with van der Waals surface area (Å²) < 4.78 is 9.41. The van der Waals surface area contributed by atoms with Crippen LogP contribution in [0.4, 0.5) is 11.4 Å². The maximum atomic E-state index is 7.06. The van der Waals surface area contributed by atoms with Gasteiger partial charge in [0.15, 0.2) is 0 Å². The van der Waals surface area contributed by atoms with Gasteiger partial charge in [0.05, 0.1) is 17.7 Å². The quantitative estimate of drug-likeness (QED) is 0.115. The zero-order valence-electron chi connectivity index (χ0n) is 46.0. The molecule has 1 aliphatic heterocycles. The second-order valence-corrected chi connectivity index (χ2v) is 23.7. The molecule has 0 atom stereocenters. The minimum absolute atomic E-state index is 0.118. The Bertz CT molecular complexity index is 3500. The minimum atomic E-state index is -0.214. The Balaban J connectivity index is 1.06. The molecule has 5 heteroatoms. The van der Waals surface area contributed by atoms with Gasteiger partial charge in [0.1, 0.15) is 17.3 Å². The first-order valence-corrected chi connectivity index (χ1v) is 26.8. The number of rotatable bonds is 13. The molecule has 2 aromatic heterocycles. The highest BCUT2D eigenvalue weighted by Gasteiger charge is 2.28. The number of nitrogens with zero attached hydrogens (tertiary/aromatic N) is 4. The molecule has 74 heavy (non-hydrogen) atoms. The number of hydrogen-bond donors (Lipinski definition) is 0. The third-order valence-electron chi connectivity index (χ3n) is 15.8. The summed E-state index contributed by atoms with van der Waals surface area (Å²) >= 11 is 0. The van der Waals surface area contributed by atoms with E-state index in [1.807, 2.05) is 6.20 Å². The molecule has 1 aliphatic rings. The first-order valence-electron chi connectivity index (χ1n) is 26.8. The summed E-state index contributed by atoms with van der Waals surface area (Å²) in [6.07, 6.45) is 6.37. The average molecular weight is 975 g/mol. The summed E-state index contributed by atoms with van der Waals surface area (Å²) in [4.78, 5) is 9.83. The number of aromatic nitrogens is 2. The van der Waals surface area contributed by atoms with Crippen LogP contribution in [0.3, 0.4) is 0 Å². The zero-order valence-corrected chi connectivity index (χ0v) is 46.0. The molecule has 0 amide bonds. The van der Waals surface area contributed by atoms with Crippen LogP contribution in [-0.2, 0) is 16.2 Å². The number of anilines is 2. The monoisotopic (exact) mass is 975 g/mol. The fourth-order valence-corrected chi connectivity index (χ4v) is 10.9. The van der Waals surface area contributed by atoms with Crippen LogP contribution in [0, 0.1) is 0 Å². The molecule has 9 aromatic rings. The predicted octanol–water partition coefficient (Wildman–Crippen LogP) is 18.7. The zero-order chi connectivity index (χ0) is 52.3. The van der Waals surface area contributed by atoms with Crippen molar-refractivity contribution in [2.75, 3.05) is 16.5 Å². The fourth-order valence-electron chi connectivity index (χ4n) is 10.9. The summed E-state index contributed by atoms with van der Waals surface area (Å²) in [5.41, 5.74) is 16.9. The smallest absolute Gasteiger partial charge is 0.138 e. The van der Waals surface area contributed by atoms with Crippen LogP contribution in [0.25, 0.3) is 38.8 Å². The van der Waals surface area contributed by atoms with Gasteiger partial charge in [-0.05, 0) is 139 Å². The van der Waals surface area contributed by atoms with Crippen LogP contribution in [0.5, 0.6) is 11.5 Å². The summed E-state index contributed by atoms with van der Waals surface area (Å²) in [7, 11) is 0. The summed E-state index contributed by atoms with van der Waals surface area (Å²) in [5.74, 6) is 3.59. The Hall–Kier alpha value is -7.37. The van der Waals surface area contributed by atoms with Crippen molar-refractivity contribution in [3.8, 4) is 28.4 Å². The van der Waals surface area contributed by atoms with Crippen molar-refractivity contribution in [3.63, 3.8) is 0 Å². The van der Waals surface area contributed by atoms with Crippen molar-refractivity contribution in [1.82, 2.24) is 9.55 Å². The third-order valence-corrected chi connectivity index (χ3v) is 15.8. The number of benzene rings is 7. The lowest BCUT2D eigenvalue weighted by atomic mass is 9.78. The van der Waals surface area contributed by atoms with Gasteiger partial charge in [-0.2, -0.15) is 0 Å². The normalized spacial score (nSPS) is 13.4. The van der Waals surface area contributed by atoms with E-state index < -0.39 is 0 Å². The summed E-state index contributed by atoms with van der Waals surface area (Å²) in [5, 5.41) is 2.34. The molecule has 0 aliphatic carbocycles. The highest BCUT2D eigenvalue weighted by Crippen LogP contribution is 2.44. The van der Waals surface area contributed by atoms with Gasteiger partial charge in [-0.15, -0.1) is 0 Å². The van der Waals surface area contributed by atoms with Crippen LogP contribution >= 0.6 is 0 Å². The van der Waals surface area contributed by atoms with Gasteiger partial charge in [-0.3, -0.25) is 4.57 Å². The molecule has 0 N–H and O–H groups in total. The topological polar surface area (TPSA) is 33.5 Å². The Morgan fingerprint density at radius 2 is 1.05 bits per heavy atom. The van der Waals surface area contributed by atoms with Crippen molar-refractivity contribution in [2.45, 2.75) is 124 Å². The van der Waals surface area contributed by atoms with Crippen LogP contribution in [0.1, 0.15) is 152 Å². The van der Waals surface area contributed by atoms with Crippen molar-refractivity contribution >= 4 is 33.2 Å². The number of ether oxygens (including phenoxy) is 1. The molecule has 10 rings (SSSR count). The number of fused-ring (bicyclic) bond motifs is 3. The molecule has 0 fully saturated rings. The second-order valence-electron chi connectivity index (χ2n) is 23.7. The molecule has 0 radical (unpaired) electrons. The molecule has 7 aromatic carbocycles. The standard InChI is InChI=1S/C69H74N4O/c1-45(2)49-35-60(46(3)4)66(61(36-49)47(5)6)48-31-32-70-65(37-48)73-63-30-27-53(69(12,13)51-23-18-15-19-24-51)41-62(63)59-29-28-57(43-64(59)73)74-58-40-54(67(7,8)9)39-56(42-58)72-34-33-71(44-72)55-26-20-25-52(38-55)68(10,11)50-21-16-14-17-22-50/h14-43,45-47H,44H2,1-13H3. The maximum absolute atomic E-state index is 7.06. The first-order chi connectivity index (χ1) is 35.3. The van der Waals surface area contributed by atoms with Crippen LogP contribution in [-0.4, -0.2) is 16.2 Å². The van der Waals surface area contributed by atoms with Crippen molar-refractivity contribution in [2.24, 2.45) is 0 Å². The molecule has 0 saturated carbocycles. The van der Waals surface area contributed by atoms with E-state index in [-0.39, 0.29) is 16.2 Å². The van der Waals surface area contributed by atoms with Gasteiger partial charge < -0.3 is 14.5 Å². The van der Waals surface area contributed by atoms with E-state index >= 15 is 0 Å². The van der Waals surface area contributed by atoms with Gasteiger partial charge in [-0.25, -0.2) is 4.98 Å². The Morgan fingerprint density at radius 3 is 1.66 bits per heavy atom. The lowest BCUT2D eigenvalue weighted by molar-refractivity contribution is 0.479. The molecule has 0 bridgehead atoms. The van der Waals surface area contributed by atoms with E-state index in [0.29, 0.717) is 24.4 Å². The second kappa shape index (κ2) is 19.5. The minimum Gasteiger partial charge on any atom is -0.457 e. The molecule has 0 saturated heterocycles. The van der Waals surface area contributed by atoms with Gasteiger partial charge in [0.25, 0.3) is 0 Å². The van der Waals surface area contributed by atoms with E-state index in [0.717, 1.165) is 45.1 Å². The van der Waals surface area contributed by atoms with E-state index in [2.05, 4.69) is 281 Å². The van der Waals surface area contributed by atoms with Gasteiger partial charge in [-0.1, -0.05) is 181 Å². The summed E-state index contributed by atoms with van der Waals surface area (Å²) in [6.45, 7) is 30.6. The third kappa shape index (κ3) is 9.54. The Morgan fingerprint density at radius 1 is 0.459 bits per heavy atom. The summed E-state index contributed by atoms with van der Waals surface area (Å²) in [6, 6.07) is 60.3. The predicted molar refractivity (Wildman–Crippen MR) is 314 cm³/mol. The van der Waals surface area contributed by atoms with Crippen LogP contribution in [0.2, 0.25) is 0 Å². The molecule has 0 unspecified atom stereocenters. The molecule has 3 heterocycles.